The van der Waals surface area contributed by atoms with E-state index in [4.69, 9.17) is 0 Å². The number of hydrogen-bond acceptors (Lipinski definition) is 4. The van der Waals surface area contributed by atoms with Crippen LogP contribution in [0.4, 0.5) is 0 Å². The average molecular weight is 252 g/mol. The van der Waals surface area contributed by atoms with Crippen LogP contribution < -0.4 is 0 Å². The Morgan fingerprint density at radius 2 is 1.74 bits per heavy atom. The maximum Gasteiger partial charge on any atom is 0.129 e. The van der Waals surface area contributed by atoms with Crippen LogP contribution in [-0.4, -0.2) is 29.1 Å². The number of fused-ring (bicyclic) bond motifs is 1. The lowest BCUT2D eigenvalue weighted by molar-refractivity contribution is 0.0383. The van der Waals surface area contributed by atoms with Crippen molar-refractivity contribution in [2.75, 3.05) is 13.1 Å². The van der Waals surface area contributed by atoms with Gasteiger partial charge in [0.25, 0.3) is 0 Å². The molecule has 0 unspecified atom stereocenters. The van der Waals surface area contributed by atoms with E-state index >= 15 is 0 Å². The Bertz CT molecular complexity index is 551. The van der Waals surface area contributed by atoms with E-state index in [-0.39, 0.29) is 18.0 Å². The third kappa shape index (κ3) is 1.81. The van der Waals surface area contributed by atoms with Crippen molar-refractivity contribution in [1.82, 2.24) is 10.0 Å². The first kappa shape index (κ1) is 12.2. The molecule has 1 aromatic rings. The van der Waals surface area contributed by atoms with Gasteiger partial charge in [-0.15, -0.1) is 0 Å². The molecule has 3 rings (SSSR count). The molecular weight excluding hydrogens is 236 g/mol. The van der Waals surface area contributed by atoms with Gasteiger partial charge >= 0.3 is 0 Å². The molecule has 2 aliphatic rings. The molecule has 2 heterocycles. The topological polar surface area (TPSA) is 54.1 Å². The summed E-state index contributed by atoms with van der Waals surface area (Å²) in [5.74, 6) is -0.270. The van der Waals surface area contributed by atoms with Crippen LogP contribution in [0.1, 0.15) is 23.6 Å². The van der Waals surface area contributed by atoms with Crippen LogP contribution in [0.2, 0.25) is 0 Å². The predicted octanol–water partition coefficient (Wildman–Crippen LogP) is 2.00. The highest BCUT2D eigenvalue weighted by Gasteiger charge is 2.50. The molecule has 4 nitrogen and oxygen atoms in total. The Hall–Kier alpha value is -1.88. The Morgan fingerprint density at radius 3 is 2.37 bits per heavy atom. The highest BCUT2D eigenvalue weighted by molar-refractivity contribution is 5.29. The number of hydrazine groups is 1. The maximum atomic E-state index is 9.45. The monoisotopic (exact) mass is 252 g/mol. The lowest BCUT2D eigenvalue weighted by atomic mass is 9.90. The smallest absolute Gasteiger partial charge is 0.129 e. The van der Waals surface area contributed by atoms with Gasteiger partial charge in [-0.3, -0.25) is 0 Å². The van der Waals surface area contributed by atoms with Crippen LogP contribution in [0.3, 0.4) is 0 Å². The van der Waals surface area contributed by atoms with Crippen molar-refractivity contribution in [3.63, 3.8) is 0 Å². The van der Waals surface area contributed by atoms with Gasteiger partial charge in [-0.05, 0) is 18.9 Å². The van der Waals surface area contributed by atoms with Gasteiger partial charge in [-0.2, -0.15) is 10.5 Å². The quantitative estimate of drug-likeness (QED) is 0.767. The minimum atomic E-state index is -0.307. The van der Waals surface area contributed by atoms with Crippen LogP contribution in [-0.2, 0) is 0 Å². The second-order valence-electron chi connectivity index (χ2n) is 5.26. The number of nitrogens with zero attached hydrogens (tertiary/aromatic N) is 4. The van der Waals surface area contributed by atoms with Crippen LogP contribution in [0.15, 0.2) is 24.3 Å². The number of nitriles is 2. The summed E-state index contributed by atoms with van der Waals surface area (Å²) in [5, 5.41) is 23.1. The van der Waals surface area contributed by atoms with Gasteiger partial charge in [-0.1, -0.05) is 29.8 Å². The summed E-state index contributed by atoms with van der Waals surface area (Å²) in [4.78, 5) is 0. The number of benzene rings is 1. The Morgan fingerprint density at radius 1 is 1.05 bits per heavy atom. The zero-order chi connectivity index (χ0) is 13.4. The SMILES string of the molecule is Cc1ccc([C@H]2[C@H](C#N)[C@H](C#N)N3CCCN23)cc1. The van der Waals surface area contributed by atoms with E-state index in [1.165, 1.54) is 5.56 Å². The van der Waals surface area contributed by atoms with Crippen molar-refractivity contribution >= 4 is 0 Å². The summed E-state index contributed by atoms with van der Waals surface area (Å²) in [6.45, 7) is 3.88. The molecule has 0 N–H and O–H groups in total. The minimum Gasteiger partial charge on any atom is -0.232 e. The Kier molecular flexibility index (Phi) is 2.98. The molecule has 0 spiro atoms. The first-order chi connectivity index (χ1) is 9.26. The van der Waals surface area contributed by atoms with Crippen molar-refractivity contribution in [3.8, 4) is 12.1 Å². The van der Waals surface area contributed by atoms with Crippen LogP contribution in [0, 0.1) is 35.5 Å². The number of aryl methyl sites for hydroxylation is 1. The lowest BCUT2D eigenvalue weighted by Crippen LogP contribution is -2.35. The van der Waals surface area contributed by atoms with Gasteiger partial charge < -0.3 is 0 Å². The fraction of sp³-hybridized carbons (Fsp3) is 0.467. The van der Waals surface area contributed by atoms with Crippen molar-refractivity contribution in [3.05, 3.63) is 35.4 Å². The first-order valence-corrected chi connectivity index (χ1v) is 6.65. The van der Waals surface area contributed by atoms with Crippen molar-refractivity contribution in [2.24, 2.45) is 5.92 Å². The largest absolute Gasteiger partial charge is 0.232 e. The maximum absolute atomic E-state index is 9.45. The molecule has 96 valence electrons. The highest BCUT2D eigenvalue weighted by Crippen LogP contribution is 2.43. The van der Waals surface area contributed by atoms with Crippen LogP contribution in [0.25, 0.3) is 0 Å². The van der Waals surface area contributed by atoms with Gasteiger partial charge in [0.2, 0.25) is 0 Å². The minimum absolute atomic E-state index is 0.0257. The average Bonchev–Trinajstić information content (AvgIpc) is 2.98. The van der Waals surface area contributed by atoms with Gasteiger partial charge in [0.05, 0.1) is 24.1 Å². The lowest BCUT2D eigenvalue weighted by Gasteiger charge is -2.25. The van der Waals surface area contributed by atoms with E-state index in [1.54, 1.807) is 0 Å². The van der Waals surface area contributed by atoms with Crippen molar-refractivity contribution in [1.29, 1.82) is 10.5 Å². The van der Waals surface area contributed by atoms with Gasteiger partial charge in [0, 0.05) is 13.1 Å². The first-order valence-electron chi connectivity index (χ1n) is 6.65. The van der Waals surface area contributed by atoms with Gasteiger partial charge in [-0.25, -0.2) is 10.0 Å². The van der Waals surface area contributed by atoms with Crippen LogP contribution >= 0.6 is 0 Å². The number of hydrogen-bond donors (Lipinski definition) is 0. The summed E-state index contributed by atoms with van der Waals surface area (Å²) in [5.41, 5.74) is 2.35. The molecular formula is C15H16N4. The Labute approximate surface area is 113 Å². The number of rotatable bonds is 1. The van der Waals surface area contributed by atoms with E-state index in [2.05, 4.69) is 53.3 Å². The van der Waals surface area contributed by atoms with Gasteiger partial charge in [0.1, 0.15) is 6.04 Å². The highest BCUT2D eigenvalue weighted by atomic mass is 15.7. The molecule has 2 aliphatic heterocycles. The molecule has 19 heavy (non-hydrogen) atoms. The Balaban J connectivity index is 2.01. The molecule has 2 fully saturated rings. The molecule has 0 saturated carbocycles. The molecule has 0 bridgehead atoms. The predicted molar refractivity (Wildman–Crippen MR) is 70.5 cm³/mol. The molecule has 3 atom stereocenters. The van der Waals surface area contributed by atoms with E-state index in [9.17, 15) is 10.5 Å². The third-order valence-corrected chi connectivity index (χ3v) is 4.13. The van der Waals surface area contributed by atoms with E-state index in [0.717, 1.165) is 25.1 Å². The molecule has 2 saturated heterocycles. The standard InChI is InChI=1S/C15H16N4/c1-11-3-5-12(6-4-11)15-13(9-16)14(10-17)18-7-2-8-19(15)18/h3-6,13-15H,2,7-8H2,1H3/t13-,14+,15+/m1/s1. The summed E-state index contributed by atoms with van der Waals surface area (Å²) >= 11 is 0. The zero-order valence-electron chi connectivity index (χ0n) is 11.0. The van der Waals surface area contributed by atoms with E-state index < -0.39 is 0 Å². The third-order valence-electron chi connectivity index (χ3n) is 4.13. The normalized spacial score (nSPS) is 30.8. The molecule has 4 heteroatoms. The summed E-state index contributed by atoms with van der Waals surface area (Å²) in [6, 6.07) is 12.7. The van der Waals surface area contributed by atoms with Crippen LogP contribution in [0.5, 0.6) is 0 Å². The molecule has 0 aromatic heterocycles. The summed E-state index contributed by atoms with van der Waals surface area (Å²) in [7, 11) is 0. The second kappa shape index (κ2) is 4.66. The summed E-state index contributed by atoms with van der Waals surface area (Å²) < 4.78 is 0. The van der Waals surface area contributed by atoms with E-state index in [0.29, 0.717) is 0 Å². The summed E-state index contributed by atoms with van der Waals surface area (Å²) in [6.07, 6.45) is 1.07. The van der Waals surface area contributed by atoms with Crippen molar-refractivity contribution in [2.45, 2.75) is 25.4 Å². The molecule has 1 aromatic carbocycles. The molecule has 0 aliphatic carbocycles. The fourth-order valence-corrected chi connectivity index (χ4v) is 3.22. The zero-order valence-corrected chi connectivity index (χ0v) is 11.0. The van der Waals surface area contributed by atoms with Gasteiger partial charge in [0.15, 0.2) is 0 Å². The van der Waals surface area contributed by atoms with Crippen molar-refractivity contribution < 1.29 is 0 Å². The fourth-order valence-electron chi connectivity index (χ4n) is 3.22. The van der Waals surface area contributed by atoms with E-state index in [1.807, 2.05) is 0 Å². The second-order valence-corrected chi connectivity index (χ2v) is 5.26. The molecule has 0 radical (unpaired) electrons. The molecule has 0 amide bonds.